The van der Waals surface area contributed by atoms with Crippen molar-refractivity contribution < 1.29 is 9.63 Å². The fraction of sp³-hybridized carbons (Fsp3) is 0.308. The first kappa shape index (κ1) is 13.6. The van der Waals surface area contributed by atoms with E-state index in [0.717, 1.165) is 17.3 Å². The monoisotopic (exact) mass is 277 g/mol. The summed E-state index contributed by atoms with van der Waals surface area (Å²) >= 11 is 1.11. The standard InChI is InChI=1S/C13H15N3O2S/c1-13(2,10-6-4-3-5-7-10)12(17)15-18-9-11-8-14-19-16-11/h3-8H,9H2,1-2H3,(H,15,17). The van der Waals surface area contributed by atoms with E-state index in [1.54, 1.807) is 6.20 Å². The van der Waals surface area contributed by atoms with Gasteiger partial charge in [-0.15, -0.1) is 0 Å². The molecule has 100 valence electrons. The van der Waals surface area contributed by atoms with Crippen LogP contribution in [0.15, 0.2) is 36.5 Å². The predicted molar refractivity (Wildman–Crippen MR) is 72.3 cm³/mol. The summed E-state index contributed by atoms with van der Waals surface area (Å²) in [4.78, 5) is 17.3. The van der Waals surface area contributed by atoms with Crippen LogP contribution < -0.4 is 5.48 Å². The van der Waals surface area contributed by atoms with Gasteiger partial charge in [0.05, 0.1) is 23.3 Å². The molecule has 0 unspecified atom stereocenters. The Balaban J connectivity index is 1.92. The molecule has 0 atom stereocenters. The van der Waals surface area contributed by atoms with Crippen LogP contribution in [0.25, 0.3) is 0 Å². The van der Waals surface area contributed by atoms with Crippen LogP contribution in [-0.4, -0.2) is 14.7 Å². The minimum atomic E-state index is -0.651. The van der Waals surface area contributed by atoms with E-state index in [0.29, 0.717) is 5.69 Å². The summed E-state index contributed by atoms with van der Waals surface area (Å²) in [5.74, 6) is -0.193. The third-order valence-corrected chi connectivity index (χ3v) is 3.37. The molecule has 0 aliphatic rings. The van der Waals surface area contributed by atoms with Crippen molar-refractivity contribution in [2.45, 2.75) is 25.9 Å². The average Bonchev–Trinajstić information content (AvgIpc) is 2.93. The third kappa shape index (κ3) is 3.36. The Labute approximate surface area is 115 Å². The average molecular weight is 277 g/mol. The molecule has 1 aromatic carbocycles. The van der Waals surface area contributed by atoms with Crippen molar-refractivity contribution in [2.75, 3.05) is 0 Å². The minimum Gasteiger partial charge on any atom is -0.272 e. The van der Waals surface area contributed by atoms with Crippen LogP contribution >= 0.6 is 11.7 Å². The van der Waals surface area contributed by atoms with Crippen molar-refractivity contribution in [3.8, 4) is 0 Å². The molecule has 0 radical (unpaired) electrons. The Morgan fingerprint density at radius 1 is 1.37 bits per heavy atom. The number of carbonyl (C=O) groups excluding carboxylic acids is 1. The van der Waals surface area contributed by atoms with Gasteiger partial charge < -0.3 is 0 Å². The van der Waals surface area contributed by atoms with E-state index in [9.17, 15) is 4.79 Å². The zero-order chi connectivity index (χ0) is 13.7. The van der Waals surface area contributed by atoms with Crippen LogP contribution in [-0.2, 0) is 21.7 Å². The van der Waals surface area contributed by atoms with Crippen LogP contribution in [0.5, 0.6) is 0 Å². The Hall–Kier alpha value is -1.79. The van der Waals surface area contributed by atoms with Gasteiger partial charge in [-0.1, -0.05) is 30.3 Å². The van der Waals surface area contributed by atoms with E-state index in [1.807, 2.05) is 44.2 Å². The molecule has 5 nitrogen and oxygen atoms in total. The molecule has 0 bridgehead atoms. The zero-order valence-electron chi connectivity index (χ0n) is 10.8. The van der Waals surface area contributed by atoms with Gasteiger partial charge in [0.15, 0.2) is 0 Å². The maximum absolute atomic E-state index is 12.1. The molecule has 0 saturated heterocycles. The SMILES string of the molecule is CC(C)(C(=O)NOCc1cnsn1)c1ccccc1. The van der Waals surface area contributed by atoms with Crippen molar-refractivity contribution in [1.82, 2.24) is 14.2 Å². The molecule has 2 rings (SSSR count). The molecule has 1 N–H and O–H groups in total. The lowest BCUT2D eigenvalue weighted by Crippen LogP contribution is -2.39. The fourth-order valence-corrected chi connectivity index (χ4v) is 1.96. The van der Waals surface area contributed by atoms with E-state index in [2.05, 4.69) is 14.2 Å². The number of hydrogen-bond acceptors (Lipinski definition) is 5. The number of aromatic nitrogens is 2. The molecule has 0 aliphatic heterocycles. The minimum absolute atomic E-state index is 0.193. The van der Waals surface area contributed by atoms with Gasteiger partial charge in [-0.2, -0.15) is 8.75 Å². The first-order chi connectivity index (χ1) is 9.10. The normalized spacial score (nSPS) is 11.3. The van der Waals surface area contributed by atoms with Gasteiger partial charge in [-0.05, 0) is 19.4 Å². The van der Waals surface area contributed by atoms with Crippen LogP contribution in [0.4, 0.5) is 0 Å². The number of amides is 1. The van der Waals surface area contributed by atoms with Gasteiger partial charge in [-0.25, -0.2) is 5.48 Å². The van der Waals surface area contributed by atoms with Crippen molar-refractivity contribution in [3.05, 3.63) is 47.8 Å². The molecule has 1 heterocycles. The van der Waals surface area contributed by atoms with Crippen molar-refractivity contribution in [3.63, 3.8) is 0 Å². The molecular weight excluding hydrogens is 262 g/mol. The Morgan fingerprint density at radius 3 is 2.74 bits per heavy atom. The van der Waals surface area contributed by atoms with Crippen LogP contribution in [0.2, 0.25) is 0 Å². The number of nitrogens with one attached hydrogen (secondary N) is 1. The smallest absolute Gasteiger partial charge is 0.253 e. The number of benzene rings is 1. The van der Waals surface area contributed by atoms with E-state index in [-0.39, 0.29) is 12.5 Å². The van der Waals surface area contributed by atoms with Crippen molar-refractivity contribution in [2.24, 2.45) is 0 Å². The number of hydroxylamine groups is 1. The van der Waals surface area contributed by atoms with E-state index < -0.39 is 5.41 Å². The molecule has 0 saturated carbocycles. The molecule has 0 aliphatic carbocycles. The largest absolute Gasteiger partial charge is 0.272 e. The first-order valence-electron chi connectivity index (χ1n) is 5.85. The van der Waals surface area contributed by atoms with Crippen molar-refractivity contribution in [1.29, 1.82) is 0 Å². The summed E-state index contributed by atoms with van der Waals surface area (Å²) < 4.78 is 7.84. The molecular formula is C13H15N3O2S. The van der Waals surface area contributed by atoms with E-state index in [4.69, 9.17) is 4.84 Å². The summed E-state index contributed by atoms with van der Waals surface area (Å²) in [7, 11) is 0. The second kappa shape index (κ2) is 5.90. The molecule has 6 heteroatoms. The Bertz CT molecular complexity index is 526. The molecule has 0 fully saturated rings. The van der Waals surface area contributed by atoms with Crippen molar-refractivity contribution >= 4 is 17.6 Å². The summed E-state index contributed by atoms with van der Waals surface area (Å²) in [6.45, 7) is 3.92. The lowest BCUT2D eigenvalue weighted by atomic mass is 9.84. The zero-order valence-corrected chi connectivity index (χ0v) is 11.6. The second-order valence-electron chi connectivity index (χ2n) is 4.61. The van der Waals surface area contributed by atoms with Gasteiger partial charge in [0.1, 0.15) is 12.3 Å². The maximum Gasteiger partial charge on any atom is 0.253 e. The van der Waals surface area contributed by atoms with Gasteiger partial charge in [0, 0.05) is 0 Å². The second-order valence-corrected chi connectivity index (χ2v) is 5.17. The highest BCUT2D eigenvalue weighted by Gasteiger charge is 2.29. The van der Waals surface area contributed by atoms with E-state index in [1.165, 1.54) is 0 Å². The number of carbonyl (C=O) groups is 1. The molecule has 1 aromatic heterocycles. The summed E-state index contributed by atoms with van der Waals surface area (Å²) in [5, 5.41) is 0. The Kier molecular flexibility index (Phi) is 4.24. The highest BCUT2D eigenvalue weighted by Crippen LogP contribution is 2.22. The van der Waals surface area contributed by atoms with Gasteiger partial charge >= 0.3 is 0 Å². The van der Waals surface area contributed by atoms with E-state index >= 15 is 0 Å². The lowest BCUT2D eigenvalue weighted by Gasteiger charge is -2.23. The molecule has 19 heavy (non-hydrogen) atoms. The topological polar surface area (TPSA) is 64.1 Å². The number of hydrogen-bond donors (Lipinski definition) is 1. The Morgan fingerprint density at radius 2 is 2.11 bits per heavy atom. The highest BCUT2D eigenvalue weighted by molar-refractivity contribution is 6.99. The number of nitrogens with zero attached hydrogens (tertiary/aromatic N) is 2. The molecule has 1 amide bonds. The summed E-state index contributed by atoms with van der Waals surface area (Å²) in [5.41, 5.74) is 3.44. The predicted octanol–water partition coefficient (Wildman–Crippen LogP) is 2.06. The van der Waals surface area contributed by atoms with Gasteiger partial charge in [0.2, 0.25) is 0 Å². The van der Waals surface area contributed by atoms with Crippen LogP contribution in [0.1, 0.15) is 25.1 Å². The van der Waals surface area contributed by atoms with Gasteiger partial charge in [0.25, 0.3) is 5.91 Å². The fourth-order valence-electron chi connectivity index (χ4n) is 1.54. The summed E-state index contributed by atoms with van der Waals surface area (Å²) in [6.07, 6.45) is 1.61. The molecule has 2 aromatic rings. The maximum atomic E-state index is 12.1. The van der Waals surface area contributed by atoms with Crippen LogP contribution in [0, 0.1) is 0 Å². The van der Waals surface area contributed by atoms with Crippen LogP contribution in [0.3, 0.4) is 0 Å². The third-order valence-electron chi connectivity index (χ3n) is 2.85. The summed E-state index contributed by atoms with van der Waals surface area (Å²) in [6, 6.07) is 9.58. The van der Waals surface area contributed by atoms with Gasteiger partial charge in [-0.3, -0.25) is 9.63 Å². The first-order valence-corrected chi connectivity index (χ1v) is 6.58. The lowest BCUT2D eigenvalue weighted by molar-refractivity contribution is -0.139. The number of rotatable bonds is 5. The highest BCUT2D eigenvalue weighted by atomic mass is 32.1. The quantitative estimate of drug-likeness (QED) is 0.850. The molecule has 0 spiro atoms.